The number of fused-ring (bicyclic) bond motifs is 6. The molecule has 0 heterocycles. The summed E-state index contributed by atoms with van der Waals surface area (Å²) < 4.78 is 0. The molecular formula is C43H29N. The second-order valence-corrected chi connectivity index (χ2v) is 11.8. The maximum Gasteiger partial charge on any atom is 0.0387 e. The molecule has 9 rings (SSSR count). The summed E-state index contributed by atoms with van der Waals surface area (Å²) in [6.45, 7) is 2.02. The largest absolute Gasteiger partial charge is 0.398 e. The van der Waals surface area contributed by atoms with E-state index in [2.05, 4.69) is 127 Å². The highest BCUT2D eigenvalue weighted by atomic mass is 14.6. The summed E-state index contributed by atoms with van der Waals surface area (Å²) in [7, 11) is 0. The van der Waals surface area contributed by atoms with Crippen LogP contribution in [-0.4, -0.2) is 0 Å². The highest BCUT2D eigenvalue weighted by molar-refractivity contribution is 6.20. The van der Waals surface area contributed by atoms with Crippen molar-refractivity contribution in [2.75, 3.05) is 0 Å². The van der Waals surface area contributed by atoms with Crippen molar-refractivity contribution in [3.05, 3.63) is 151 Å². The summed E-state index contributed by atoms with van der Waals surface area (Å²) in [6, 6.07) is 47.0. The predicted octanol–water partition coefficient (Wildman–Crippen LogP) is 11.5. The average Bonchev–Trinajstić information content (AvgIpc) is 3.59. The summed E-state index contributed by atoms with van der Waals surface area (Å²) in [6.07, 6.45) is 6.02. The van der Waals surface area contributed by atoms with Crippen molar-refractivity contribution in [1.82, 2.24) is 0 Å². The van der Waals surface area contributed by atoms with Gasteiger partial charge in [0.15, 0.2) is 0 Å². The lowest BCUT2D eigenvalue weighted by molar-refractivity contribution is 1.50. The second kappa shape index (κ2) is 9.42. The van der Waals surface area contributed by atoms with Gasteiger partial charge < -0.3 is 5.73 Å². The van der Waals surface area contributed by atoms with Crippen LogP contribution in [-0.2, 0) is 0 Å². The number of nitrogens with two attached hydrogens (primary N) is 1. The van der Waals surface area contributed by atoms with Gasteiger partial charge in [0.25, 0.3) is 0 Å². The van der Waals surface area contributed by atoms with Gasteiger partial charge in [0.05, 0.1) is 0 Å². The Hall–Kier alpha value is -5.66. The van der Waals surface area contributed by atoms with Crippen LogP contribution >= 0.6 is 0 Å². The van der Waals surface area contributed by atoms with Crippen LogP contribution in [0.1, 0.15) is 12.5 Å². The standard InChI is InChI=1S/C43H29N/c1-2-3-18-41(44)28-24-26(29-19-21-39-33-12-6-4-10-31(33)37-16-8-14-35(29)42(37)39)23-27(25-28)30-20-22-40-34-13-7-5-11-32(34)38-17-9-15-36(30)43(38)40/h2-25H,44H2,1H3/b3-2-,41-18-. The van der Waals surface area contributed by atoms with Crippen molar-refractivity contribution in [2.45, 2.75) is 6.92 Å². The molecule has 7 aromatic rings. The van der Waals surface area contributed by atoms with Crippen molar-refractivity contribution in [1.29, 1.82) is 0 Å². The zero-order chi connectivity index (χ0) is 29.4. The van der Waals surface area contributed by atoms with E-state index >= 15 is 0 Å². The first-order valence-corrected chi connectivity index (χ1v) is 15.3. The quantitative estimate of drug-likeness (QED) is 0.213. The van der Waals surface area contributed by atoms with Crippen LogP contribution in [0.25, 0.3) is 94.0 Å². The van der Waals surface area contributed by atoms with Crippen molar-refractivity contribution in [2.24, 2.45) is 5.73 Å². The molecule has 44 heavy (non-hydrogen) atoms. The van der Waals surface area contributed by atoms with Crippen LogP contribution in [0.2, 0.25) is 0 Å². The smallest absolute Gasteiger partial charge is 0.0387 e. The Morgan fingerprint density at radius 3 is 1.32 bits per heavy atom. The SMILES string of the molecule is C/C=C\C=C(/N)c1cc(-c2ccc3c4c(cccc24)-c2ccccc2-3)cc(-c2ccc3c4c(cccc24)-c2ccccc2-3)c1. The molecule has 0 unspecified atom stereocenters. The minimum Gasteiger partial charge on any atom is -0.398 e. The van der Waals surface area contributed by atoms with E-state index < -0.39 is 0 Å². The van der Waals surface area contributed by atoms with Gasteiger partial charge in [0.1, 0.15) is 0 Å². The Morgan fingerprint density at radius 1 is 0.455 bits per heavy atom. The molecule has 0 fully saturated rings. The number of hydrogen-bond donors (Lipinski definition) is 1. The lowest BCUT2D eigenvalue weighted by atomic mass is 9.88. The van der Waals surface area contributed by atoms with Crippen molar-refractivity contribution in [3.8, 4) is 66.8 Å². The van der Waals surface area contributed by atoms with Crippen LogP contribution in [0, 0.1) is 0 Å². The molecule has 0 aromatic heterocycles. The van der Waals surface area contributed by atoms with Crippen LogP contribution < -0.4 is 5.73 Å². The molecule has 206 valence electrons. The van der Waals surface area contributed by atoms with Crippen LogP contribution in [0.3, 0.4) is 0 Å². The zero-order valence-corrected chi connectivity index (χ0v) is 24.4. The van der Waals surface area contributed by atoms with Gasteiger partial charge in [-0.3, -0.25) is 0 Å². The Kier molecular flexibility index (Phi) is 5.33. The molecular weight excluding hydrogens is 530 g/mol. The monoisotopic (exact) mass is 559 g/mol. The number of allylic oxidation sites excluding steroid dienone is 3. The van der Waals surface area contributed by atoms with Gasteiger partial charge >= 0.3 is 0 Å². The zero-order valence-electron chi connectivity index (χ0n) is 24.4. The van der Waals surface area contributed by atoms with Gasteiger partial charge in [-0.15, -0.1) is 0 Å². The molecule has 0 aliphatic heterocycles. The van der Waals surface area contributed by atoms with Crippen LogP contribution in [0.15, 0.2) is 146 Å². The van der Waals surface area contributed by atoms with E-state index in [0.29, 0.717) is 0 Å². The Bertz CT molecular complexity index is 2190. The van der Waals surface area contributed by atoms with Gasteiger partial charge in [-0.25, -0.2) is 0 Å². The van der Waals surface area contributed by atoms with E-state index in [1.807, 2.05) is 25.2 Å². The van der Waals surface area contributed by atoms with Crippen molar-refractivity contribution >= 4 is 27.2 Å². The summed E-state index contributed by atoms with van der Waals surface area (Å²) >= 11 is 0. The maximum absolute atomic E-state index is 6.74. The summed E-state index contributed by atoms with van der Waals surface area (Å²) in [5, 5.41) is 5.20. The summed E-state index contributed by atoms with van der Waals surface area (Å²) in [5.74, 6) is 0. The van der Waals surface area contributed by atoms with Crippen LogP contribution in [0.5, 0.6) is 0 Å². The number of rotatable bonds is 4. The first-order chi connectivity index (χ1) is 21.7. The lowest BCUT2D eigenvalue weighted by Gasteiger charge is -2.16. The van der Waals surface area contributed by atoms with E-state index in [0.717, 1.165) is 11.3 Å². The third-order valence-corrected chi connectivity index (χ3v) is 9.45. The molecule has 2 aliphatic carbocycles. The van der Waals surface area contributed by atoms with E-state index in [-0.39, 0.29) is 0 Å². The topological polar surface area (TPSA) is 26.0 Å². The first kappa shape index (κ1) is 24.9. The van der Waals surface area contributed by atoms with E-state index in [9.17, 15) is 0 Å². The minimum absolute atomic E-state index is 0.753. The highest BCUT2D eigenvalue weighted by Gasteiger charge is 2.24. The van der Waals surface area contributed by atoms with Crippen molar-refractivity contribution < 1.29 is 0 Å². The second-order valence-electron chi connectivity index (χ2n) is 11.8. The molecule has 0 radical (unpaired) electrons. The average molecular weight is 560 g/mol. The predicted molar refractivity (Wildman–Crippen MR) is 188 cm³/mol. The Balaban J connectivity index is 1.30. The van der Waals surface area contributed by atoms with Gasteiger partial charge in [-0.1, -0.05) is 121 Å². The molecule has 2 N–H and O–H groups in total. The van der Waals surface area contributed by atoms with Crippen LogP contribution in [0.4, 0.5) is 0 Å². The third kappa shape index (κ3) is 3.47. The Morgan fingerprint density at radius 2 is 0.864 bits per heavy atom. The molecule has 7 aromatic carbocycles. The first-order valence-electron chi connectivity index (χ1n) is 15.3. The molecule has 0 saturated heterocycles. The molecule has 0 bridgehead atoms. The molecule has 0 saturated carbocycles. The lowest BCUT2D eigenvalue weighted by Crippen LogP contribution is -1.98. The molecule has 1 nitrogen and oxygen atoms in total. The molecule has 0 spiro atoms. The van der Waals surface area contributed by atoms with E-state index in [1.54, 1.807) is 0 Å². The molecule has 2 aliphatic rings. The van der Waals surface area contributed by atoms with E-state index in [4.69, 9.17) is 5.73 Å². The number of benzene rings is 7. The molecule has 1 heteroatoms. The summed E-state index contributed by atoms with van der Waals surface area (Å²) in [5.41, 5.74) is 23.8. The third-order valence-electron chi connectivity index (χ3n) is 9.45. The van der Waals surface area contributed by atoms with Gasteiger partial charge in [0, 0.05) is 5.70 Å². The highest BCUT2D eigenvalue weighted by Crippen LogP contribution is 2.51. The maximum atomic E-state index is 6.74. The minimum atomic E-state index is 0.753. The Labute approximate surface area is 257 Å². The van der Waals surface area contributed by atoms with Gasteiger partial charge in [-0.2, -0.15) is 0 Å². The fourth-order valence-corrected chi connectivity index (χ4v) is 7.52. The van der Waals surface area contributed by atoms with Crippen molar-refractivity contribution in [3.63, 3.8) is 0 Å². The summed E-state index contributed by atoms with van der Waals surface area (Å²) in [4.78, 5) is 0. The van der Waals surface area contributed by atoms with Gasteiger partial charge in [0.2, 0.25) is 0 Å². The normalized spacial score (nSPS) is 12.8. The fraction of sp³-hybridized carbons (Fsp3) is 0.0233. The fourth-order valence-electron chi connectivity index (χ4n) is 7.52. The van der Waals surface area contributed by atoms with Gasteiger partial charge in [-0.05, 0) is 125 Å². The molecule has 0 atom stereocenters. The van der Waals surface area contributed by atoms with E-state index in [1.165, 1.54) is 88.3 Å². The molecule has 0 amide bonds. The number of hydrogen-bond acceptors (Lipinski definition) is 1.